The van der Waals surface area contributed by atoms with Gasteiger partial charge in [-0.2, -0.15) is 8.78 Å². The summed E-state index contributed by atoms with van der Waals surface area (Å²) in [6.45, 7) is -1.09. The van der Waals surface area contributed by atoms with Gasteiger partial charge in [-0.1, -0.05) is 28.9 Å². The van der Waals surface area contributed by atoms with E-state index in [-0.39, 0.29) is 11.7 Å². The lowest BCUT2D eigenvalue weighted by Gasteiger charge is -2.11. The smallest absolute Gasteiger partial charge is 0.387 e. The van der Waals surface area contributed by atoms with Crippen molar-refractivity contribution in [3.8, 4) is 5.75 Å². The number of ether oxygens (including phenoxy) is 1. The molecular formula is C10H10BrF3O. The minimum absolute atomic E-state index is 0.00870. The first-order valence-corrected chi connectivity index (χ1v) is 5.47. The number of hydrogen-bond donors (Lipinski definition) is 0. The molecule has 1 aromatic rings. The zero-order valence-electron chi connectivity index (χ0n) is 8.01. The average Bonchev–Trinajstić information content (AvgIpc) is 2.16. The van der Waals surface area contributed by atoms with Crippen molar-refractivity contribution < 1.29 is 17.9 Å². The van der Waals surface area contributed by atoms with Gasteiger partial charge in [-0.25, -0.2) is 4.39 Å². The highest BCUT2D eigenvalue weighted by molar-refractivity contribution is 9.09. The zero-order chi connectivity index (χ0) is 11.4. The van der Waals surface area contributed by atoms with Crippen LogP contribution in [0.4, 0.5) is 13.2 Å². The summed E-state index contributed by atoms with van der Waals surface area (Å²) in [6, 6.07) is 3.77. The van der Waals surface area contributed by atoms with Crippen LogP contribution in [0, 0.1) is 5.82 Å². The van der Waals surface area contributed by atoms with Crippen LogP contribution in [0.1, 0.15) is 18.4 Å². The number of alkyl halides is 3. The van der Waals surface area contributed by atoms with E-state index in [2.05, 4.69) is 20.7 Å². The van der Waals surface area contributed by atoms with Crippen molar-refractivity contribution >= 4 is 15.9 Å². The first-order chi connectivity index (χ1) is 7.04. The molecular weight excluding hydrogens is 273 g/mol. The Morgan fingerprint density at radius 1 is 1.40 bits per heavy atom. The van der Waals surface area contributed by atoms with Crippen LogP contribution in [-0.4, -0.2) is 11.9 Å². The van der Waals surface area contributed by atoms with Gasteiger partial charge < -0.3 is 4.74 Å². The van der Waals surface area contributed by atoms with Crippen LogP contribution in [-0.2, 0) is 0 Å². The molecule has 0 aliphatic heterocycles. The standard InChI is InChI=1S/C10H10BrF3O/c1-6(5-11)8-3-2-7(4-9(8)12)15-10(13)14/h2-4,6,10H,5H2,1H3. The molecule has 0 heterocycles. The molecule has 5 heteroatoms. The number of halogens is 4. The normalized spacial score (nSPS) is 12.9. The quantitative estimate of drug-likeness (QED) is 0.761. The summed E-state index contributed by atoms with van der Waals surface area (Å²) in [5.41, 5.74) is 0.480. The lowest BCUT2D eigenvalue weighted by molar-refractivity contribution is -0.0500. The Hall–Kier alpha value is -0.710. The van der Waals surface area contributed by atoms with Crippen LogP contribution >= 0.6 is 15.9 Å². The van der Waals surface area contributed by atoms with E-state index in [1.54, 1.807) is 0 Å². The molecule has 0 amide bonds. The van der Waals surface area contributed by atoms with E-state index in [4.69, 9.17) is 0 Å². The third-order valence-electron chi connectivity index (χ3n) is 1.96. The molecule has 0 aromatic heterocycles. The fourth-order valence-corrected chi connectivity index (χ4v) is 1.52. The summed E-state index contributed by atoms with van der Waals surface area (Å²) in [6.07, 6.45) is 0. The van der Waals surface area contributed by atoms with Gasteiger partial charge in [-0.05, 0) is 17.5 Å². The summed E-state index contributed by atoms with van der Waals surface area (Å²) in [5.74, 6) is -0.696. The molecule has 0 spiro atoms. The highest BCUT2D eigenvalue weighted by Gasteiger charge is 2.12. The first-order valence-electron chi connectivity index (χ1n) is 4.34. The van der Waals surface area contributed by atoms with Crippen molar-refractivity contribution in [3.05, 3.63) is 29.6 Å². The molecule has 0 bridgehead atoms. The number of hydrogen-bond acceptors (Lipinski definition) is 1. The predicted octanol–water partition coefficient (Wildman–Crippen LogP) is 3.93. The van der Waals surface area contributed by atoms with E-state index >= 15 is 0 Å². The molecule has 0 radical (unpaired) electrons. The van der Waals surface area contributed by atoms with Crippen molar-refractivity contribution in [3.63, 3.8) is 0 Å². The Bertz CT molecular complexity index is 330. The third-order valence-corrected chi connectivity index (χ3v) is 2.93. The second-order valence-electron chi connectivity index (χ2n) is 3.12. The van der Waals surface area contributed by atoms with Gasteiger partial charge in [0.15, 0.2) is 0 Å². The number of rotatable bonds is 4. The monoisotopic (exact) mass is 282 g/mol. The van der Waals surface area contributed by atoms with E-state index < -0.39 is 12.4 Å². The van der Waals surface area contributed by atoms with Gasteiger partial charge in [-0.3, -0.25) is 0 Å². The first kappa shape index (κ1) is 12.4. The van der Waals surface area contributed by atoms with Crippen LogP contribution in [0.15, 0.2) is 18.2 Å². The lowest BCUT2D eigenvalue weighted by atomic mass is 10.0. The minimum atomic E-state index is -2.93. The Balaban J connectivity index is 2.88. The summed E-state index contributed by atoms with van der Waals surface area (Å²) in [5, 5.41) is 0.610. The molecule has 1 rings (SSSR count). The van der Waals surface area contributed by atoms with E-state index in [1.807, 2.05) is 6.92 Å². The molecule has 15 heavy (non-hydrogen) atoms. The summed E-state index contributed by atoms with van der Waals surface area (Å²) >= 11 is 3.23. The van der Waals surface area contributed by atoms with Crippen molar-refractivity contribution in [1.82, 2.24) is 0 Å². The predicted molar refractivity (Wildman–Crippen MR) is 55.2 cm³/mol. The highest BCUT2D eigenvalue weighted by atomic mass is 79.9. The van der Waals surface area contributed by atoms with Crippen molar-refractivity contribution in [2.75, 3.05) is 5.33 Å². The van der Waals surface area contributed by atoms with Crippen molar-refractivity contribution in [2.24, 2.45) is 0 Å². The van der Waals surface area contributed by atoms with Gasteiger partial charge in [0.2, 0.25) is 0 Å². The molecule has 1 atom stereocenters. The van der Waals surface area contributed by atoms with Crippen molar-refractivity contribution in [1.29, 1.82) is 0 Å². The second-order valence-corrected chi connectivity index (χ2v) is 3.76. The molecule has 0 aliphatic carbocycles. The van der Waals surface area contributed by atoms with E-state index in [0.29, 0.717) is 10.9 Å². The van der Waals surface area contributed by atoms with Crippen LogP contribution in [0.2, 0.25) is 0 Å². The average molecular weight is 283 g/mol. The van der Waals surface area contributed by atoms with Gasteiger partial charge in [-0.15, -0.1) is 0 Å². The molecule has 0 aliphatic rings. The van der Waals surface area contributed by atoms with Gasteiger partial charge in [0.25, 0.3) is 0 Å². The minimum Gasteiger partial charge on any atom is -0.435 e. The Labute approximate surface area is 94.4 Å². The largest absolute Gasteiger partial charge is 0.435 e. The van der Waals surface area contributed by atoms with Crippen LogP contribution < -0.4 is 4.74 Å². The Kier molecular flexibility index (Phi) is 4.45. The maximum atomic E-state index is 13.4. The van der Waals surface area contributed by atoms with Crippen LogP contribution in [0.3, 0.4) is 0 Å². The van der Waals surface area contributed by atoms with Crippen LogP contribution in [0.5, 0.6) is 5.75 Å². The van der Waals surface area contributed by atoms with Crippen LogP contribution in [0.25, 0.3) is 0 Å². The molecule has 1 nitrogen and oxygen atoms in total. The third kappa shape index (κ3) is 3.41. The fourth-order valence-electron chi connectivity index (χ4n) is 1.17. The fraction of sp³-hybridized carbons (Fsp3) is 0.400. The maximum absolute atomic E-state index is 13.4. The Morgan fingerprint density at radius 2 is 2.07 bits per heavy atom. The summed E-state index contributed by atoms with van der Waals surface area (Å²) in [4.78, 5) is 0. The van der Waals surface area contributed by atoms with Gasteiger partial charge >= 0.3 is 6.61 Å². The Morgan fingerprint density at radius 3 is 2.53 bits per heavy atom. The molecule has 84 valence electrons. The molecule has 1 aromatic carbocycles. The maximum Gasteiger partial charge on any atom is 0.387 e. The van der Waals surface area contributed by atoms with E-state index in [9.17, 15) is 13.2 Å². The van der Waals surface area contributed by atoms with Gasteiger partial charge in [0.1, 0.15) is 11.6 Å². The molecule has 0 saturated carbocycles. The molecule has 0 N–H and O–H groups in total. The van der Waals surface area contributed by atoms with E-state index in [1.165, 1.54) is 12.1 Å². The SMILES string of the molecule is CC(CBr)c1ccc(OC(F)F)cc1F. The van der Waals surface area contributed by atoms with Crippen molar-refractivity contribution in [2.45, 2.75) is 19.5 Å². The summed E-state index contributed by atoms with van der Waals surface area (Å²) in [7, 11) is 0. The molecule has 1 unspecified atom stereocenters. The van der Waals surface area contributed by atoms with E-state index in [0.717, 1.165) is 6.07 Å². The van der Waals surface area contributed by atoms with Gasteiger partial charge in [0.05, 0.1) is 0 Å². The van der Waals surface area contributed by atoms with Gasteiger partial charge in [0, 0.05) is 11.4 Å². The zero-order valence-corrected chi connectivity index (χ0v) is 9.60. The second kappa shape index (κ2) is 5.39. The summed E-state index contributed by atoms with van der Waals surface area (Å²) < 4.78 is 41.1. The highest BCUT2D eigenvalue weighted by Crippen LogP contribution is 2.25. The molecule has 0 fully saturated rings. The lowest BCUT2D eigenvalue weighted by Crippen LogP contribution is -2.04. The topological polar surface area (TPSA) is 9.23 Å². The number of benzene rings is 1. The molecule has 0 saturated heterocycles.